The van der Waals surface area contributed by atoms with Gasteiger partial charge >= 0.3 is 11.7 Å². The van der Waals surface area contributed by atoms with Crippen molar-refractivity contribution >= 4 is 23.3 Å². The zero-order valence-corrected chi connectivity index (χ0v) is 15.9. The number of rotatable bonds is 8. The van der Waals surface area contributed by atoms with Crippen molar-refractivity contribution in [3.05, 3.63) is 93.5 Å². The molecule has 0 saturated carbocycles. The third kappa shape index (κ3) is 5.70. The number of carbonyl (C=O) groups excluding carboxylic acids is 1. The van der Waals surface area contributed by atoms with Gasteiger partial charge in [0, 0.05) is 11.1 Å². The number of esters is 1. The van der Waals surface area contributed by atoms with Crippen molar-refractivity contribution in [2.24, 2.45) is 0 Å². The number of para-hydroxylation sites is 1. The van der Waals surface area contributed by atoms with Gasteiger partial charge in [0.15, 0.2) is 0 Å². The molecule has 0 heterocycles. The molecule has 0 spiro atoms. The standard InChI is InChI=1S/C21H16ClNO6/c22-16-8-11-20(19(14-16)23(25)26)29-18-9-6-15(7-10-18)21(24)28-13-12-27-17-4-2-1-3-5-17/h1-11,14H,12-13H2. The van der Waals surface area contributed by atoms with Crippen LogP contribution in [0.2, 0.25) is 5.02 Å². The summed E-state index contributed by atoms with van der Waals surface area (Å²) in [6.45, 7) is 0.333. The van der Waals surface area contributed by atoms with Crippen molar-refractivity contribution in [3.8, 4) is 17.2 Å². The van der Waals surface area contributed by atoms with Crippen molar-refractivity contribution in [3.63, 3.8) is 0 Å². The molecule has 0 aliphatic carbocycles. The molecule has 0 radical (unpaired) electrons. The van der Waals surface area contributed by atoms with Crippen LogP contribution in [0.15, 0.2) is 72.8 Å². The molecule has 0 N–H and O–H groups in total. The Hall–Kier alpha value is -3.58. The van der Waals surface area contributed by atoms with Crippen molar-refractivity contribution in [2.45, 2.75) is 0 Å². The van der Waals surface area contributed by atoms with E-state index in [0.717, 1.165) is 0 Å². The van der Waals surface area contributed by atoms with Gasteiger partial charge in [-0.05, 0) is 48.5 Å². The van der Waals surface area contributed by atoms with Crippen LogP contribution >= 0.6 is 11.6 Å². The van der Waals surface area contributed by atoms with E-state index in [9.17, 15) is 14.9 Å². The summed E-state index contributed by atoms with van der Waals surface area (Å²) in [6.07, 6.45) is 0. The fourth-order valence-electron chi connectivity index (χ4n) is 2.40. The Kier molecular flexibility index (Phi) is 6.65. The first-order valence-electron chi connectivity index (χ1n) is 8.60. The lowest BCUT2D eigenvalue weighted by Gasteiger charge is -2.09. The zero-order chi connectivity index (χ0) is 20.6. The quantitative estimate of drug-likeness (QED) is 0.216. The molecule has 0 fully saturated rings. The Morgan fingerprint density at radius 2 is 1.66 bits per heavy atom. The van der Waals surface area contributed by atoms with Gasteiger partial charge in [0.1, 0.15) is 24.7 Å². The van der Waals surface area contributed by atoms with E-state index in [4.69, 9.17) is 25.8 Å². The number of nitro groups is 1. The lowest BCUT2D eigenvalue weighted by molar-refractivity contribution is -0.385. The fraction of sp³-hybridized carbons (Fsp3) is 0.0952. The smallest absolute Gasteiger partial charge is 0.338 e. The number of carbonyl (C=O) groups is 1. The second kappa shape index (κ2) is 9.57. The number of nitro benzene ring substituents is 1. The van der Waals surface area contributed by atoms with E-state index in [1.54, 1.807) is 0 Å². The average molecular weight is 414 g/mol. The predicted molar refractivity (Wildman–Crippen MR) is 107 cm³/mol. The first kappa shape index (κ1) is 20.2. The molecule has 0 amide bonds. The molecule has 29 heavy (non-hydrogen) atoms. The molecule has 0 aliphatic rings. The maximum absolute atomic E-state index is 12.1. The van der Waals surface area contributed by atoms with E-state index >= 15 is 0 Å². The first-order valence-corrected chi connectivity index (χ1v) is 8.97. The maximum atomic E-state index is 12.1. The van der Waals surface area contributed by atoms with Crippen molar-refractivity contribution in [1.82, 2.24) is 0 Å². The highest BCUT2D eigenvalue weighted by atomic mass is 35.5. The maximum Gasteiger partial charge on any atom is 0.338 e. The lowest BCUT2D eigenvalue weighted by atomic mass is 10.2. The molecule has 7 nitrogen and oxygen atoms in total. The van der Waals surface area contributed by atoms with E-state index in [1.807, 2.05) is 30.3 Å². The average Bonchev–Trinajstić information content (AvgIpc) is 2.73. The number of halogens is 1. The van der Waals surface area contributed by atoms with Crippen LogP contribution in [0.25, 0.3) is 0 Å². The number of nitrogens with zero attached hydrogens (tertiary/aromatic N) is 1. The van der Waals surface area contributed by atoms with Crippen LogP contribution in [-0.4, -0.2) is 24.1 Å². The van der Waals surface area contributed by atoms with Crippen LogP contribution in [0.5, 0.6) is 17.2 Å². The van der Waals surface area contributed by atoms with E-state index in [2.05, 4.69) is 0 Å². The van der Waals surface area contributed by atoms with Gasteiger partial charge in [-0.15, -0.1) is 0 Å². The summed E-state index contributed by atoms with van der Waals surface area (Å²) in [5.41, 5.74) is 0.0714. The topological polar surface area (TPSA) is 87.9 Å². The molecule has 3 aromatic rings. The summed E-state index contributed by atoms with van der Waals surface area (Å²) in [5.74, 6) is 0.569. The highest BCUT2D eigenvalue weighted by Gasteiger charge is 2.17. The summed E-state index contributed by atoms with van der Waals surface area (Å²) in [7, 11) is 0. The van der Waals surface area contributed by atoms with Gasteiger partial charge in [0.25, 0.3) is 0 Å². The summed E-state index contributed by atoms with van der Waals surface area (Å²) in [5, 5.41) is 11.4. The molecule has 8 heteroatoms. The van der Waals surface area contributed by atoms with Crippen molar-refractivity contribution < 1.29 is 23.9 Å². The van der Waals surface area contributed by atoms with Crippen LogP contribution in [0.1, 0.15) is 10.4 Å². The molecule has 0 saturated heterocycles. The number of ether oxygens (including phenoxy) is 3. The third-order valence-corrected chi connectivity index (χ3v) is 4.00. The van der Waals surface area contributed by atoms with Crippen LogP contribution < -0.4 is 9.47 Å². The van der Waals surface area contributed by atoms with Gasteiger partial charge < -0.3 is 14.2 Å². The Bertz CT molecular complexity index is 992. The van der Waals surface area contributed by atoms with Gasteiger partial charge in [0.05, 0.1) is 10.5 Å². The summed E-state index contributed by atoms with van der Waals surface area (Å²) in [4.78, 5) is 22.6. The second-order valence-corrected chi connectivity index (χ2v) is 6.23. The van der Waals surface area contributed by atoms with E-state index in [0.29, 0.717) is 17.1 Å². The third-order valence-electron chi connectivity index (χ3n) is 3.76. The molecule has 0 aromatic heterocycles. The van der Waals surface area contributed by atoms with Crippen LogP contribution in [0, 0.1) is 10.1 Å². The monoisotopic (exact) mass is 413 g/mol. The normalized spacial score (nSPS) is 10.2. The number of benzene rings is 3. The Balaban J connectivity index is 1.54. The molecule has 3 rings (SSSR count). The zero-order valence-electron chi connectivity index (χ0n) is 15.1. The minimum Gasteiger partial charge on any atom is -0.490 e. The molecular formula is C21H16ClNO6. The molecule has 3 aromatic carbocycles. The SMILES string of the molecule is O=C(OCCOc1ccccc1)c1ccc(Oc2ccc(Cl)cc2[N+](=O)[O-])cc1. The van der Waals surface area contributed by atoms with Gasteiger partial charge in [0.2, 0.25) is 5.75 Å². The van der Waals surface area contributed by atoms with Crippen LogP contribution in [0.4, 0.5) is 5.69 Å². The fourth-order valence-corrected chi connectivity index (χ4v) is 2.57. The van der Waals surface area contributed by atoms with Gasteiger partial charge in [-0.3, -0.25) is 10.1 Å². The molecule has 148 valence electrons. The second-order valence-electron chi connectivity index (χ2n) is 5.79. The van der Waals surface area contributed by atoms with Crippen LogP contribution in [-0.2, 0) is 4.74 Å². The minimum atomic E-state index is -0.579. The lowest BCUT2D eigenvalue weighted by Crippen LogP contribution is -2.12. The van der Waals surface area contributed by atoms with E-state index in [-0.39, 0.29) is 29.7 Å². The first-order chi connectivity index (χ1) is 14.0. The molecule has 0 bridgehead atoms. The highest BCUT2D eigenvalue weighted by Crippen LogP contribution is 2.33. The van der Waals surface area contributed by atoms with E-state index in [1.165, 1.54) is 42.5 Å². The summed E-state index contributed by atoms with van der Waals surface area (Å²) < 4.78 is 16.2. The van der Waals surface area contributed by atoms with Crippen molar-refractivity contribution in [2.75, 3.05) is 13.2 Å². The molecule has 0 atom stereocenters. The minimum absolute atomic E-state index is 0.0489. The molecule has 0 aliphatic heterocycles. The Morgan fingerprint density at radius 3 is 2.34 bits per heavy atom. The number of hydrogen-bond donors (Lipinski definition) is 0. The Morgan fingerprint density at radius 1 is 0.931 bits per heavy atom. The van der Waals surface area contributed by atoms with Gasteiger partial charge in [-0.1, -0.05) is 29.8 Å². The van der Waals surface area contributed by atoms with Crippen molar-refractivity contribution in [1.29, 1.82) is 0 Å². The Labute approximate surface area is 171 Å². The van der Waals surface area contributed by atoms with Gasteiger partial charge in [-0.2, -0.15) is 0 Å². The van der Waals surface area contributed by atoms with Crippen LogP contribution in [0.3, 0.4) is 0 Å². The largest absolute Gasteiger partial charge is 0.490 e. The predicted octanol–water partition coefficient (Wildman–Crippen LogP) is 5.28. The number of hydrogen-bond acceptors (Lipinski definition) is 6. The van der Waals surface area contributed by atoms with Gasteiger partial charge in [-0.25, -0.2) is 4.79 Å². The summed E-state index contributed by atoms with van der Waals surface area (Å²) >= 11 is 5.79. The molecular weight excluding hydrogens is 398 g/mol. The van der Waals surface area contributed by atoms with E-state index < -0.39 is 10.9 Å². The highest BCUT2D eigenvalue weighted by molar-refractivity contribution is 6.30. The summed E-state index contributed by atoms with van der Waals surface area (Å²) in [6, 6.07) is 19.4. The molecule has 0 unspecified atom stereocenters.